The van der Waals surface area contributed by atoms with Gasteiger partial charge in [-0.2, -0.15) is 5.10 Å². The number of nitrogens with zero attached hydrogens (tertiary/aromatic N) is 3. The molecule has 1 aromatic heterocycles. The van der Waals surface area contributed by atoms with Gasteiger partial charge in [0.15, 0.2) is 0 Å². The molecular formula is C15H21BrN4O. The van der Waals surface area contributed by atoms with Crippen molar-refractivity contribution in [2.75, 3.05) is 18.0 Å². The third-order valence-corrected chi connectivity index (χ3v) is 4.89. The number of nitrogens with one attached hydrogen (secondary N) is 1. The first kappa shape index (κ1) is 14.8. The predicted octanol–water partition coefficient (Wildman–Crippen LogP) is 1.91. The Morgan fingerprint density at radius 3 is 2.95 bits per heavy atom. The Morgan fingerprint density at radius 2 is 2.33 bits per heavy atom. The number of allylic oxidation sites excluding steroid dienone is 1. The second-order valence-corrected chi connectivity index (χ2v) is 6.59. The van der Waals surface area contributed by atoms with E-state index in [4.69, 9.17) is 0 Å². The van der Waals surface area contributed by atoms with Crippen LogP contribution in [0.2, 0.25) is 0 Å². The van der Waals surface area contributed by atoms with E-state index in [0.29, 0.717) is 23.1 Å². The van der Waals surface area contributed by atoms with Crippen LogP contribution in [0, 0.1) is 0 Å². The fraction of sp³-hybridized carbons (Fsp3) is 0.600. The van der Waals surface area contributed by atoms with E-state index in [1.54, 1.807) is 6.08 Å². The molecule has 0 aromatic carbocycles. The molecule has 1 aliphatic carbocycles. The smallest absolute Gasteiger partial charge is 0.283 e. The number of hydrogen-bond acceptors (Lipinski definition) is 4. The molecule has 21 heavy (non-hydrogen) atoms. The van der Waals surface area contributed by atoms with Crippen molar-refractivity contribution in [3.63, 3.8) is 0 Å². The third kappa shape index (κ3) is 3.21. The highest BCUT2D eigenvalue weighted by molar-refractivity contribution is 9.10. The maximum absolute atomic E-state index is 12.3. The van der Waals surface area contributed by atoms with E-state index in [-0.39, 0.29) is 5.56 Å². The lowest BCUT2D eigenvalue weighted by Gasteiger charge is -2.28. The van der Waals surface area contributed by atoms with Crippen LogP contribution in [-0.2, 0) is 6.54 Å². The average Bonchev–Trinajstić information content (AvgIpc) is 3.20. The van der Waals surface area contributed by atoms with Gasteiger partial charge in [-0.25, -0.2) is 4.68 Å². The molecule has 3 rings (SSSR count). The van der Waals surface area contributed by atoms with Crippen molar-refractivity contribution >= 4 is 21.6 Å². The highest BCUT2D eigenvalue weighted by Gasteiger charge is 2.33. The molecule has 2 heterocycles. The largest absolute Gasteiger partial charge is 0.365 e. The summed E-state index contributed by atoms with van der Waals surface area (Å²) < 4.78 is 2.05. The topological polar surface area (TPSA) is 50.2 Å². The lowest BCUT2D eigenvalue weighted by molar-refractivity contribution is 0.573. The summed E-state index contributed by atoms with van der Waals surface area (Å²) in [6.07, 6.45) is 8.35. The van der Waals surface area contributed by atoms with Gasteiger partial charge in [-0.15, -0.1) is 6.58 Å². The lowest BCUT2D eigenvalue weighted by atomic mass is 10.2. The molecule has 1 saturated heterocycles. The van der Waals surface area contributed by atoms with Gasteiger partial charge in [0.05, 0.1) is 18.4 Å². The average molecular weight is 353 g/mol. The number of anilines is 1. The number of aromatic nitrogens is 2. The van der Waals surface area contributed by atoms with Crippen LogP contribution < -0.4 is 15.8 Å². The highest BCUT2D eigenvalue weighted by Crippen LogP contribution is 2.34. The maximum Gasteiger partial charge on any atom is 0.283 e. The Morgan fingerprint density at radius 1 is 1.52 bits per heavy atom. The van der Waals surface area contributed by atoms with E-state index in [0.717, 1.165) is 18.8 Å². The maximum atomic E-state index is 12.3. The molecule has 1 aromatic rings. The Balaban J connectivity index is 1.86. The van der Waals surface area contributed by atoms with Crippen LogP contribution in [0.4, 0.5) is 5.69 Å². The first-order chi connectivity index (χ1) is 10.2. The van der Waals surface area contributed by atoms with Crippen LogP contribution in [-0.4, -0.2) is 35.0 Å². The van der Waals surface area contributed by atoms with Gasteiger partial charge in [-0.3, -0.25) is 4.79 Å². The van der Waals surface area contributed by atoms with E-state index < -0.39 is 0 Å². The summed E-state index contributed by atoms with van der Waals surface area (Å²) in [5.74, 6) is 0. The Kier molecular flexibility index (Phi) is 4.45. The van der Waals surface area contributed by atoms with Crippen molar-refractivity contribution in [1.82, 2.24) is 15.1 Å². The molecule has 0 radical (unpaired) electrons. The predicted molar refractivity (Wildman–Crippen MR) is 87.8 cm³/mol. The summed E-state index contributed by atoms with van der Waals surface area (Å²) >= 11 is 3.48. The second-order valence-electron chi connectivity index (χ2n) is 5.80. The monoisotopic (exact) mass is 352 g/mol. The highest BCUT2D eigenvalue weighted by atomic mass is 79.9. The zero-order valence-corrected chi connectivity index (χ0v) is 13.7. The summed E-state index contributed by atoms with van der Waals surface area (Å²) in [6, 6.07) is 1.08. The summed E-state index contributed by atoms with van der Waals surface area (Å²) in [5, 5.41) is 7.81. The summed E-state index contributed by atoms with van der Waals surface area (Å²) in [5.41, 5.74) is 0.842. The summed E-state index contributed by atoms with van der Waals surface area (Å²) in [6.45, 7) is 6.15. The lowest BCUT2D eigenvalue weighted by Crippen LogP contribution is -2.40. The van der Waals surface area contributed by atoms with Crippen LogP contribution in [0.3, 0.4) is 0 Å². The molecule has 0 amide bonds. The Hall–Kier alpha value is -1.14. The Labute approximate surface area is 133 Å². The van der Waals surface area contributed by atoms with Gasteiger partial charge >= 0.3 is 0 Å². The molecule has 0 bridgehead atoms. The van der Waals surface area contributed by atoms with Crippen molar-refractivity contribution < 1.29 is 0 Å². The van der Waals surface area contributed by atoms with E-state index in [2.05, 4.69) is 37.8 Å². The minimum absolute atomic E-state index is 0.0857. The van der Waals surface area contributed by atoms with E-state index in [1.807, 2.05) is 6.20 Å². The van der Waals surface area contributed by atoms with Crippen LogP contribution in [0.1, 0.15) is 25.7 Å². The van der Waals surface area contributed by atoms with Gasteiger partial charge < -0.3 is 10.2 Å². The first-order valence-electron chi connectivity index (χ1n) is 7.57. The molecule has 6 heteroatoms. The van der Waals surface area contributed by atoms with Crippen molar-refractivity contribution in [3.8, 4) is 0 Å². The summed E-state index contributed by atoms with van der Waals surface area (Å²) in [7, 11) is 0. The van der Waals surface area contributed by atoms with E-state index in [1.165, 1.54) is 30.4 Å². The Bertz CT molecular complexity index is 576. The normalized spacial score (nSPS) is 21.5. The zero-order chi connectivity index (χ0) is 14.8. The van der Waals surface area contributed by atoms with Gasteiger partial charge in [0, 0.05) is 18.6 Å². The molecule has 0 spiro atoms. The number of halogens is 1. The van der Waals surface area contributed by atoms with Crippen LogP contribution >= 0.6 is 15.9 Å². The first-order valence-corrected chi connectivity index (χ1v) is 8.36. The number of rotatable bonds is 6. The summed E-state index contributed by atoms with van der Waals surface area (Å²) in [4.78, 5) is 14.7. The van der Waals surface area contributed by atoms with E-state index >= 15 is 0 Å². The fourth-order valence-corrected chi connectivity index (χ4v) is 3.42. The molecule has 1 aliphatic heterocycles. The van der Waals surface area contributed by atoms with Gasteiger partial charge in [-0.05, 0) is 48.2 Å². The molecule has 1 atom stereocenters. The number of hydrogen-bond donors (Lipinski definition) is 1. The minimum atomic E-state index is -0.0857. The van der Waals surface area contributed by atoms with Crippen molar-refractivity contribution in [2.24, 2.45) is 0 Å². The van der Waals surface area contributed by atoms with Crippen molar-refractivity contribution in [2.45, 2.75) is 44.3 Å². The second kappa shape index (κ2) is 6.32. The minimum Gasteiger partial charge on any atom is -0.365 e. The van der Waals surface area contributed by atoms with Crippen LogP contribution in [0.5, 0.6) is 0 Å². The molecular weight excluding hydrogens is 332 g/mol. The molecule has 2 fully saturated rings. The van der Waals surface area contributed by atoms with Gasteiger partial charge in [-0.1, -0.05) is 6.08 Å². The van der Waals surface area contributed by atoms with Gasteiger partial charge in [0.2, 0.25) is 0 Å². The zero-order valence-electron chi connectivity index (χ0n) is 12.1. The van der Waals surface area contributed by atoms with Crippen LogP contribution in [0.25, 0.3) is 0 Å². The van der Waals surface area contributed by atoms with Crippen molar-refractivity contribution in [3.05, 3.63) is 33.7 Å². The van der Waals surface area contributed by atoms with Gasteiger partial charge in [0.25, 0.3) is 5.56 Å². The third-order valence-electron chi connectivity index (χ3n) is 4.15. The van der Waals surface area contributed by atoms with E-state index in [9.17, 15) is 4.79 Å². The SMILES string of the molecule is C=CCn1ncc(N(CC2CCCN2)C2CC2)c(Br)c1=O. The molecule has 2 aliphatic rings. The van der Waals surface area contributed by atoms with Crippen molar-refractivity contribution in [1.29, 1.82) is 0 Å². The fourth-order valence-electron chi connectivity index (χ4n) is 2.89. The van der Waals surface area contributed by atoms with Crippen LogP contribution in [0.15, 0.2) is 28.1 Å². The molecule has 1 unspecified atom stereocenters. The molecule has 5 nitrogen and oxygen atoms in total. The molecule has 1 saturated carbocycles. The molecule has 1 N–H and O–H groups in total. The molecule has 114 valence electrons. The quantitative estimate of drug-likeness (QED) is 0.794. The standard InChI is InChI=1S/C15H21BrN4O/c1-2-8-20-15(21)14(16)13(9-18-20)19(12-5-6-12)10-11-4-3-7-17-11/h2,9,11-12,17H,1,3-8,10H2. The van der Waals surface area contributed by atoms with Gasteiger partial charge in [0.1, 0.15) is 4.47 Å².